The van der Waals surface area contributed by atoms with Crippen LogP contribution in [0.5, 0.6) is 5.75 Å². The molecule has 0 bridgehead atoms. The molecule has 0 radical (unpaired) electrons. The van der Waals surface area contributed by atoms with Gasteiger partial charge in [-0.2, -0.15) is 0 Å². The van der Waals surface area contributed by atoms with E-state index in [0.717, 1.165) is 12.8 Å². The second kappa shape index (κ2) is 8.06. The minimum absolute atomic E-state index is 0.0339. The maximum atomic E-state index is 12.2. The van der Waals surface area contributed by atoms with Crippen molar-refractivity contribution in [1.82, 2.24) is 4.72 Å². The summed E-state index contributed by atoms with van der Waals surface area (Å²) >= 11 is 12.0. The molecule has 1 saturated carbocycles. The van der Waals surface area contributed by atoms with Crippen LogP contribution in [0.1, 0.15) is 18.4 Å². The quantitative estimate of drug-likeness (QED) is 0.702. The summed E-state index contributed by atoms with van der Waals surface area (Å²) in [6.45, 7) is 1.45. The molecular formula is C18H18Cl2N2O4S. The molecule has 0 aliphatic heterocycles. The van der Waals surface area contributed by atoms with Crippen molar-refractivity contribution >= 4 is 44.8 Å². The fourth-order valence-corrected chi connectivity index (χ4v) is 4.26. The van der Waals surface area contributed by atoms with Gasteiger partial charge in [0.05, 0.1) is 20.6 Å². The molecule has 6 nitrogen and oxygen atoms in total. The van der Waals surface area contributed by atoms with Gasteiger partial charge in [0.2, 0.25) is 10.0 Å². The molecule has 2 N–H and O–H groups in total. The average molecular weight is 429 g/mol. The topological polar surface area (TPSA) is 84.5 Å². The van der Waals surface area contributed by atoms with Crippen LogP contribution >= 0.6 is 23.2 Å². The summed E-state index contributed by atoms with van der Waals surface area (Å²) in [5.74, 6) is -0.0164. The lowest BCUT2D eigenvalue weighted by molar-refractivity contribution is -0.118. The van der Waals surface area contributed by atoms with Gasteiger partial charge in [-0.3, -0.25) is 4.79 Å². The van der Waals surface area contributed by atoms with E-state index in [2.05, 4.69) is 10.0 Å². The number of rotatable bonds is 7. The van der Waals surface area contributed by atoms with Crippen molar-refractivity contribution in [2.75, 3.05) is 11.9 Å². The van der Waals surface area contributed by atoms with Gasteiger partial charge in [0.25, 0.3) is 5.91 Å². The van der Waals surface area contributed by atoms with Gasteiger partial charge in [0.15, 0.2) is 6.61 Å². The van der Waals surface area contributed by atoms with Crippen molar-refractivity contribution in [2.24, 2.45) is 0 Å². The largest absolute Gasteiger partial charge is 0.483 e. The molecule has 3 rings (SSSR count). The molecule has 0 aromatic heterocycles. The van der Waals surface area contributed by atoms with Gasteiger partial charge < -0.3 is 10.1 Å². The van der Waals surface area contributed by atoms with E-state index < -0.39 is 15.9 Å². The summed E-state index contributed by atoms with van der Waals surface area (Å²) < 4.78 is 32.6. The summed E-state index contributed by atoms with van der Waals surface area (Å²) in [6.07, 6.45) is 1.73. The Morgan fingerprint density at radius 2 is 1.85 bits per heavy atom. The Balaban J connectivity index is 1.63. The molecule has 9 heteroatoms. The number of sulfonamides is 1. The number of hydrogen-bond acceptors (Lipinski definition) is 4. The van der Waals surface area contributed by atoms with E-state index in [1.54, 1.807) is 25.1 Å². The van der Waals surface area contributed by atoms with Crippen molar-refractivity contribution < 1.29 is 17.9 Å². The average Bonchev–Trinajstić information content (AvgIpc) is 3.40. The molecular weight excluding hydrogens is 411 g/mol. The van der Waals surface area contributed by atoms with E-state index in [1.807, 2.05) is 0 Å². The number of anilines is 1. The fraction of sp³-hybridized carbons (Fsp3) is 0.278. The fourth-order valence-electron chi connectivity index (χ4n) is 2.38. The summed E-state index contributed by atoms with van der Waals surface area (Å²) in [4.78, 5) is 12.3. The third-order valence-electron chi connectivity index (χ3n) is 3.94. The van der Waals surface area contributed by atoms with E-state index in [4.69, 9.17) is 27.9 Å². The second-order valence-electron chi connectivity index (χ2n) is 6.26. The predicted octanol–water partition coefficient (Wildman–Crippen LogP) is 3.76. The summed E-state index contributed by atoms with van der Waals surface area (Å²) in [5, 5.41) is 3.25. The summed E-state index contributed by atoms with van der Waals surface area (Å²) in [5.41, 5.74) is 0.927. The number of aryl methyl sites for hydroxylation is 1. The smallest absolute Gasteiger partial charge is 0.262 e. The summed E-state index contributed by atoms with van der Waals surface area (Å²) in [7, 11) is -3.53. The number of benzene rings is 2. The van der Waals surface area contributed by atoms with Crippen molar-refractivity contribution in [3.8, 4) is 5.75 Å². The molecule has 0 unspecified atom stereocenters. The molecule has 1 aliphatic carbocycles. The number of amides is 1. The summed E-state index contributed by atoms with van der Waals surface area (Å²) in [6, 6.07) is 9.44. The van der Waals surface area contributed by atoms with Gasteiger partial charge in [-0.05, 0) is 55.7 Å². The van der Waals surface area contributed by atoms with Crippen molar-refractivity contribution in [3.63, 3.8) is 0 Å². The highest BCUT2D eigenvalue weighted by Gasteiger charge is 2.28. The minimum Gasteiger partial charge on any atom is -0.483 e. The molecule has 0 saturated heterocycles. The Kier molecular flexibility index (Phi) is 5.95. The second-order valence-corrected chi connectivity index (χ2v) is 8.78. The zero-order valence-corrected chi connectivity index (χ0v) is 16.8. The Labute approximate surface area is 167 Å². The number of halogens is 2. The number of para-hydroxylation sites is 1. The van der Waals surface area contributed by atoms with Crippen LogP contribution in [0.25, 0.3) is 0 Å². The lowest BCUT2D eigenvalue weighted by atomic mass is 10.2. The number of ether oxygens (including phenoxy) is 1. The Morgan fingerprint density at radius 1 is 1.19 bits per heavy atom. The number of hydrogen-bond donors (Lipinski definition) is 2. The molecule has 27 heavy (non-hydrogen) atoms. The molecule has 1 amide bonds. The van der Waals surface area contributed by atoms with Crippen LogP contribution in [0.2, 0.25) is 10.0 Å². The van der Waals surface area contributed by atoms with Crippen LogP contribution in [-0.2, 0) is 14.8 Å². The lowest BCUT2D eigenvalue weighted by Gasteiger charge is -2.12. The molecule has 0 heterocycles. The highest BCUT2D eigenvalue weighted by molar-refractivity contribution is 7.89. The molecule has 1 aliphatic rings. The Bertz CT molecular complexity index is 955. The van der Waals surface area contributed by atoms with E-state index >= 15 is 0 Å². The first-order valence-corrected chi connectivity index (χ1v) is 10.5. The third kappa shape index (κ3) is 5.13. The van der Waals surface area contributed by atoms with Crippen LogP contribution in [0, 0.1) is 6.92 Å². The van der Waals surface area contributed by atoms with Crippen LogP contribution in [0.4, 0.5) is 5.69 Å². The zero-order valence-electron chi connectivity index (χ0n) is 14.5. The number of nitrogens with one attached hydrogen (secondary N) is 2. The normalized spacial score (nSPS) is 14.0. The van der Waals surface area contributed by atoms with E-state index in [-0.39, 0.29) is 17.5 Å². The highest BCUT2D eigenvalue weighted by atomic mass is 35.5. The Hall–Kier alpha value is -1.80. The lowest BCUT2D eigenvalue weighted by Crippen LogP contribution is -2.25. The van der Waals surface area contributed by atoms with Crippen LogP contribution in [0.15, 0.2) is 41.3 Å². The van der Waals surface area contributed by atoms with Gasteiger partial charge in [-0.15, -0.1) is 0 Å². The van der Waals surface area contributed by atoms with Crippen molar-refractivity contribution in [3.05, 3.63) is 52.0 Å². The SMILES string of the molecule is Cc1cc(S(=O)(=O)NC2CC2)ccc1OCC(=O)Nc1c(Cl)cccc1Cl. The first-order chi connectivity index (χ1) is 12.8. The standard InChI is InChI=1S/C18H18Cl2N2O4S/c1-11-9-13(27(24,25)22-12-5-6-12)7-8-16(11)26-10-17(23)21-18-14(19)3-2-4-15(18)20/h2-4,7-9,12,22H,5-6,10H2,1H3,(H,21,23). The Morgan fingerprint density at radius 3 is 2.44 bits per heavy atom. The van der Waals surface area contributed by atoms with E-state index in [9.17, 15) is 13.2 Å². The third-order valence-corrected chi connectivity index (χ3v) is 6.09. The van der Waals surface area contributed by atoms with Crippen molar-refractivity contribution in [1.29, 1.82) is 0 Å². The van der Waals surface area contributed by atoms with Gasteiger partial charge in [0.1, 0.15) is 5.75 Å². The maximum Gasteiger partial charge on any atom is 0.262 e. The maximum absolute atomic E-state index is 12.2. The first-order valence-electron chi connectivity index (χ1n) is 8.26. The monoisotopic (exact) mass is 428 g/mol. The molecule has 0 atom stereocenters. The van der Waals surface area contributed by atoms with Gasteiger partial charge >= 0.3 is 0 Å². The molecule has 2 aromatic rings. The minimum atomic E-state index is -3.53. The van der Waals surface area contributed by atoms with Gasteiger partial charge in [0, 0.05) is 6.04 Å². The highest BCUT2D eigenvalue weighted by Crippen LogP contribution is 2.30. The first kappa shape index (κ1) is 19.9. The van der Waals surface area contributed by atoms with Gasteiger partial charge in [-0.1, -0.05) is 29.3 Å². The van der Waals surface area contributed by atoms with Crippen molar-refractivity contribution in [2.45, 2.75) is 30.7 Å². The molecule has 1 fully saturated rings. The number of carbonyl (C=O) groups excluding carboxylic acids is 1. The molecule has 0 spiro atoms. The van der Waals surface area contributed by atoms with Crippen LogP contribution < -0.4 is 14.8 Å². The molecule has 144 valence electrons. The van der Waals surface area contributed by atoms with Gasteiger partial charge in [-0.25, -0.2) is 13.1 Å². The van der Waals surface area contributed by atoms with E-state index in [1.165, 1.54) is 18.2 Å². The van der Waals surface area contributed by atoms with E-state index in [0.29, 0.717) is 27.0 Å². The predicted molar refractivity (Wildman–Crippen MR) is 105 cm³/mol. The molecule has 2 aromatic carbocycles. The zero-order chi connectivity index (χ0) is 19.6. The number of carbonyl (C=O) groups is 1. The van der Waals surface area contributed by atoms with Crippen LogP contribution in [-0.4, -0.2) is 27.0 Å². The van der Waals surface area contributed by atoms with Crippen LogP contribution in [0.3, 0.4) is 0 Å².